The Balaban J connectivity index is 1.55. The number of methoxy groups -OCH3 is 1. The monoisotopic (exact) mass is 411 g/mol. The molecular formula is C26H25N3O2. The summed E-state index contributed by atoms with van der Waals surface area (Å²) in [7, 11) is 1.66. The van der Waals surface area contributed by atoms with Crippen molar-refractivity contribution in [3.05, 3.63) is 107 Å². The van der Waals surface area contributed by atoms with Crippen LogP contribution in [-0.4, -0.2) is 27.2 Å². The minimum absolute atomic E-state index is 0.0371. The van der Waals surface area contributed by atoms with Crippen LogP contribution in [0.2, 0.25) is 0 Å². The van der Waals surface area contributed by atoms with E-state index in [1.165, 1.54) is 0 Å². The van der Waals surface area contributed by atoms with Gasteiger partial charge in [-0.15, -0.1) is 0 Å². The summed E-state index contributed by atoms with van der Waals surface area (Å²) in [5, 5.41) is 4.54. The van der Waals surface area contributed by atoms with E-state index < -0.39 is 0 Å². The highest BCUT2D eigenvalue weighted by Crippen LogP contribution is 2.23. The second-order valence-corrected chi connectivity index (χ2v) is 7.49. The number of aromatic nitrogens is 3. The molecule has 0 radical (unpaired) electrons. The van der Waals surface area contributed by atoms with E-state index in [1.54, 1.807) is 13.2 Å². The summed E-state index contributed by atoms with van der Waals surface area (Å²) in [4.78, 5) is 12.8. The van der Waals surface area contributed by atoms with Gasteiger partial charge in [-0.25, -0.2) is 0 Å². The summed E-state index contributed by atoms with van der Waals surface area (Å²) in [5.41, 5.74) is 5.64. The minimum Gasteiger partial charge on any atom is -0.496 e. The van der Waals surface area contributed by atoms with Crippen LogP contribution in [0.1, 0.15) is 32.9 Å². The highest BCUT2D eigenvalue weighted by atomic mass is 16.5. The molecule has 0 aliphatic carbocycles. The Morgan fingerprint density at radius 2 is 1.84 bits per heavy atom. The van der Waals surface area contributed by atoms with Crippen LogP contribution in [-0.2, 0) is 6.54 Å². The van der Waals surface area contributed by atoms with Gasteiger partial charge in [0.25, 0.3) is 0 Å². The summed E-state index contributed by atoms with van der Waals surface area (Å²) in [5.74, 6) is 0.764. The van der Waals surface area contributed by atoms with Gasteiger partial charge in [0.15, 0.2) is 5.78 Å². The Bertz CT molecular complexity index is 1230. The fourth-order valence-corrected chi connectivity index (χ4v) is 3.62. The fraction of sp³-hybridized carbons (Fsp3) is 0.154. The number of nitrogens with zero attached hydrogens (tertiary/aromatic N) is 3. The number of hydrogen-bond acceptors (Lipinski definition) is 3. The van der Waals surface area contributed by atoms with Crippen LogP contribution in [0, 0.1) is 13.8 Å². The van der Waals surface area contributed by atoms with Crippen molar-refractivity contribution in [3.63, 3.8) is 0 Å². The molecule has 0 atom stereocenters. The molecular weight excluding hydrogens is 386 g/mol. The first-order valence-corrected chi connectivity index (χ1v) is 10.2. The van der Waals surface area contributed by atoms with Crippen LogP contribution in [0.15, 0.2) is 79.1 Å². The van der Waals surface area contributed by atoms with Crippen LogP contribution < -0.4 is 4.74 Å². The van der Waals surface area contributed by atoms with Gasteiger partial charge in [0, 0.05) is 34.9 Å². The third-order valence-electron chi connectivity index (χ3n) is 5.19. The SMILES string of the molecule is COc1ccc(/C=C/C(=O)c2cccc(-n3cccc3)c2)cc1Cn1nc(C)cc1C. The summed E-state index contributed by atoms with van der Waals surface area (Å²) in [6, 6.07) is 19.5. The Morgan fingerprint density at radius 1 is 1.03 bits per heavy atom. The predicted molar refractivity (Wildman–Crippen MR) is 123 cm³/mol. The molecule has 0 bridgehead atoms. The molecule has 0 aliphatic rings. The first kappa shape index (κ1) is 20.4. The van der Waals surface area contributed by atoms with E-state index in [0.29, 0.717) is 12.1 Å². The van der Waals surface area contributed by atoms with E-state index in [0.717, 1.165) is 34.0 Å². The van der Waals surface area contributed by atoms with Gasteiger partial charge in [-0.1, -0.05) is 24.3 Å². The maximum atomic E-state index is 12.8. The maximum absolute atomic E-state index is 12.8. The van der Waals surface area contributed by atoms with E-state index in [9.17, 15) is 4.79 Å². The van der Waals surface area contributed by atoms with Gasteiger partial charge in [-0.05, 0) is 68.0 Å². The molecule has 2 aromatic heterocycles. The molecule has 156 valence electrons. The molecule has 0 saturated carbocycles. The second-order valence-electron chi connectivity index (χ2n) is 7.49. The van der Waals surface area contributed by atoms with Crippen LogP contribution >= 0.6 is 0 Å². The molecule has 31 heavy (non-hydrogen) atoms. The van der Waals surface area contributed by atoms with Crippen LogP contribution in [0.3, 0.4) is 0 Å². The van der Waals surface area contributed by atoms with E-state index in [4.69, 9.17) is 4.74 Å². The quantitative estimate of drug-likeness (QED) is 0.308. The number of ketones is 1. The number of rotatable bonds is 7. The summed E-state index contributed by atoms with van der Waals surface area (Å²) in [6.07, 6.45) is 7.38. The van der Waals surface area contributed by atoms with Crippen molar-refractivity contribution < 1.29 is 9.53 Å². The van der Waals surface area contributed by atoms with E-state index in [-0.39, 0.29) is 5.78 Å². The van der Waals surface area contributed by atoms with Gasteiger partial charge in [-0.2, -0.15) is 5.10 Å². The van der Waals surface area contributed by atoms with Crippen molar-refractivity contribution in [2.75, 3.05) is 7.11 Å². The molecule has 0 fully saturated rings. The summed E-state index contributed by atoms with van der Waals surface area (Å²) >= 11 is 0. The van der Waals surface area contributed by atoms with Crippen molar-refractivity contribution in [2.45, 2.75) is 20.4 Å². The lowest BCUT2D eigenvalue weighted by molar-refractivity contribution is 0.104. The first-order valence-electron chi connectivity index (χ1n) is 10.2. The third kappa shape index (κ3) is 4.67. The van der Waals surface area contributed by atoms with Crippen molar-refractivity contribution in [3.8, 4) is 11.4 Å². The molecule has 5 heteroatoms. The number of ether oxygens (including phenoxy) is 1. The lowest BCUT2D eigenvalue weighted by Gasteiger charge is -2.11. The van der Waals surface area contributed by atoms with Crippen molar-refractivity contribution in [2.24, 2.45) is 0 Å². The van der Waals surface area contributed by atoms with Gasteiger partial charge < -0.3 is 9.30 Å². The topological polar surface area (TPSA) is 49.0 Å². The normalized spacial score (nSPS) is 11.2. The molecule has 5 nitrogen and oxygen atoms in total. The predicted octanol–water partition coefficient (Wildman–Crippen LogP) is 5.24. The number of benzene rings is 2. The highest BCUT2D eigenvalue weighted by Gasteiger charge is 2.09. The number of carbonyl (C=O) groups excluding carboxylic acids is 1. The van der Waals surface area contributed by atoms with Gasteiger partial charge >= 0.3 is 0 Å². The Labute approximate surface area is 182 Å². The molecule has 2 heterocycles. The molecule has 0 amide bonds. The zero-order chi connectivity index (χ0) is 21.8. The number of aryl methyl sites for hydroxylation is 2. The minimum atomic E-state index is -0.0371. The van der Waals surface area contributed by atoms with Crippen molar-refractivity contribution >= 4 is 11.9 Å². The maximum Gasteiger partial charge on any atom is 0.185 e. The molecule has 4 aromatic rings. The lowest BCUT2D eigenvalue weighted by atomic mass is 10.1. The average molecular weight is 412 g/mol. The first-order chi connectivity index (χ1) is 15.0. The third-order valence-corrected chi connectivity index (χ3v) is 5.19. The lowest BCUT2D eigenvalue weighted by Crippen LogP contribution is -2.05. The van der Waals surface area contributed by atoms with Crippen molar-refractivity contribution in [1.82, 2.24) is 14.3 Å². The summed E-state index contributed by atoms with van der Waals surface area (Å²) < 4.78 is 9.47. The Hall–Kier alpha value is -3.86. The average Bonchev–Trinajstić information content (AvgIpc) is 3.42. The van der Waals surface area contributed by atoms with Crippen LogP contribution in [0.5, 0.6) is 5.75 Å². The second kappa shape index (κ2) is 8.88. The molecule has 0 saturated heterocycles. The number of allylic oxidation sites excluding steroid dienone is 1. The van der Waals surface area contributed by atoms with Gasteiger partial charge in [0.2, 0.25) is 0 Å². The molecule has 0 aliphatic heterocycles. The summed E-state index contributed by atoms with van der Waals surface area (Å²) in [6.45, 7) is 4.63. The Morgan fingerprint density at radius 3 is 2.55 bits per heavy atom. The molecule has 2 aromatic carbocycles. The zero-order valence-electron chi connectivity index (χ0n) is 17.9. The van der Waals surface area contributed by atoms with E-state index in [1.807, 2.05) is 96.2 Å². The van der Waals surface area contributed by atoms with Gasteiger partial charge in [0.05, 0.1) is 19.3 Å². The van der Waals surface area contributed by atoms with Crippen LogP contribution in [0.25, 0.3) is 11.8 Å². The van der Waals surface area contributed by atoms with Crippen molar-refractivity contribution in [1.29, 1.82) is 0 Å². The molecule has 0 N–H and O–H groups in total. The zero-order valence-corrected chi connectivity index (χ0v) is 17.9. The molecule has 0 spiro atoms. The molecule has 4 rings (SSSR count). The highest BCUT2D eigenvalue weighted by molar-refractivity contribution is 6.07. The largest absolute Gasteiger partial charge is 0.496 e. The van der Waals surface area contributed by atoms with Gasteiger partial charge in [-0.3, -0.25) is 9.48 Å². The van der Waals surface area contributed by atoms with E-state index >= 15 is 0 Å². The molecule has 0 unspecified atom stereocenters. The fourth-order valence-electron chi connectivity index (χ4n) is 3.62. The van der Waals surface area contributed by atoms with Crippen LogP contribution in [0.4, 0.5) is 0 Å². The standard InChI is InChI=1S/C26H25N3O2/c1-19-15-20(2)29(27-19)18-23-16-21(10-12-26(23)31-3)9-11-25(30)22-7-6-8-24(17-22)28-13-4-5-14-28/h4-17H,18H2,1-3H3/b11-9+. The Kier molecular flexibility index (Phi) is 5.85. The number of hydrogen-bond donors (Lipinski definition) is 0. The smallest absolute Gasteiger partial charge is 0.185 e. The van der Waals surface area contributed by atoms with Gasteiger partial charge in [0.1, 0.15) is 5.75 Å². The number of carbonyl (C=O) groups is 1. The van der Waals surface area contributed by atoms with E-state index in [2.05, 4.69) is 11.2 Å².